The fourth-order valence-electron chi connectivity index (χ4n) is 2.21. The molecule has 0 saturated heterocycles. The summed E-state index contributed by atoms with van der Waals surface area (Å²) in [6.07, 6.45) is -6.24. The van der Waals surface area contributed by atoms with E-state index in [1.165, 1.54) is 24.3 Å². The van der Waals surface area contributed by atoms with Gasteiger partial charge in [0.2, 0.25) is 0 Å². The Morgan fingerprint density at radius 1 is 1.08 bits per heavy atom. The van der Waals surface area contributed by atoms with Gasteiger partial charge in [0.05, 0.1) is 12.2 Å². The third-order valence-electron chi connectivity index (χ3n) is 3.02. The predicted octanol–water partition coefficient (Wildman–Crippen LogP) is 5.68. The zero-order valence-corrected chi connectivity index (χ0v) is 16.2. The van der Waals surface area contributed by atoms with E-state index in [1.54, 1.807) is 27.7 Å². The molecule has 0 atom stereocenters. The summed E-state index contributed by atoms with van der Waals surface area (Å²) in [5, 5.41) is 3.14. The van der Waals surface area contributed by atoms with Crippen LogP contribution in [0, 0.1) is 0 Å². The molecule has 26 heavy (non-hydrogen) atoms. The van der Waals surface area contributed by atoms with Gasteiger partial charge in [-0.3, -0.25) is 4.57 Å². The number of hydrogen-bond acceptors (Lipinski definition) is 5. The quantitative estimate of drug-likeness (QED) is 0.572. The molecule has 0 aliphatic heterocycles. The molecule has 2 aromatic rings. The van der Waals surface area contributed by atoms with E-state index in [-0.39, 0.29) is 11.3 Å². The van der Waals surface area contributed by atoms with Crippen LogP contribution in [-0.4, -0.2) is 17.4 Å². The van der Waals surface area contributed by atoms with Crippen LogP contribution in [0.2, 0.25) is 5.02 Å². The number of halogens is 4. The lowest BCUT2D eigenvalue weighted by atomic mass is 10.1. The van der Waals surface area contributed by atoms with Gasteiger partial charge < -0.3 is 13.6 Å². The Morgan fingerprint density at radius 2 is 1.58 bits per heavy atom. The molecule has 0 N–H and O–H groups in total. The van der Waals surface area contributed by atoms with Crippen molar-refractivity contribution in [1.82, 2.24) is 5.16 Å². The highest BCUT2D eigenvalue weighted by Crippen LogP contribution is 2.54. The molecule has 0 amide bonds. The number of rotatable bonds is 6. The summed E-state index contributed by atoms with van der Waals surface area (Å²) in [6, 6.07) is 5.83. The van der Waals surface area contributed by atoms with Crippen LogP contribution in [-0.2, 0) is 19.8 Å². The van der Waals surface area contributed by atoms with Crippen molar-refractivity contribution < 1.29 is 31.3 Å². The summed E-state index contributed by atoms with van der Waals surface area (Å²) in [7, 11) is -4.39. The van der Waals surface area contributed by atoms with Crippen LogP contribution in [0.25, 0.3) is 11.3 Å². The van der Waals surface area contributed by atoms with Crippen LogP contribution < -0.4 is 5.30 Å². The van der Waals surface area contributed by atoms with E-state index in [0.717, 1.165) is 0 Å². The highest BCUT2D eigenvalue weighted by atomic mass is 35.5. The van der Waals surface area contributed by atoms with Gasteiger partial charge in [0.15, 0.2) is 0 Å². The summed E-state index contributed by atoms with van der Waals surface area (Å²) in [5.74, 6) is -1.51. The second-order valence-electron chi connectivity index (χ2n) is 6.02. The van der Waals surface area contributed by atoms with Gasteiger partial charge in [-0.1, -0.05) is 28.9 Å². The van der Waals surface area contributed by atoms with E-state index in [4.69, 9.17) is 20.6 Å². The monoisotopic (exact) mass is 411 g/mol. The van der Waals surface area contributed by atoms with Gasteiger partial charge in [0, 0.05) is 10.6 Å². The summed E-state index contributed by atoms with van der Waals surface area (Å²) < 4.78 is 68.9. The first-order valence-electron chi connectivity index (χ1n) is 7.74. The van der Waals surface area contributed by atoms with Gasteiger partial charge in [-0.15, -0.1) is 0 Å². The normalized spacial score (nSPS) is 13.0. The van der Waals surface area contributed by atoms with Crippen molar-refractivity contribution >= 4 is 24.5 Å². The van der Waals surface area contributed by atoms with Gasteiger partial charge in [0.25, 0.3) is 5.76 Å². The predicted molar refractivity (Wildman–Crippen MR) is 91.6 cm³/mol. The first-order chi connectivity index (χ1) is 11.9. The van der Waals surface area contributed by atoms with Crippen molar-refractivity contribution in [3.05, 3.63) is 35.0 Å². The zero-order valence-electron chi connectivity index (χ0n) is 14.5. The lowest BCUT2D eigenvalue weighted by molar-refractivity contribution is -0.154. The van der Waals surface area contributed by atoms with Crippen molar-refractivity contribution in [2.24, 2.45) is 0 Å². The Hall–Kier alpha value is -1.34. The minimum atomic E-state index is -4.93. The minimum Gasteiger partial charge on any atom is -0.350 e. The van der Waals surface area contributed by atoms with E-state index in [1.807, 2.05) is 0 Å². The highest BCUT2D eigenvalue weighted by molar-refractivity contribution is 7.62. The number of hydrogen-bond donors (Lipinski definition) is 0. The molecule has 1 heterocycles. The molecular formula is C16H18ClF3NO4P. The molecule has 0 aliphatic carbocycles. The van der Waals surface area contributed by atoms with Crippen molar-refractivity contribution in [3.63, 3.8) is 0 Å². The molecule has 5 nitrogen and oxygen atoms in total. The molecule has 0 fully saturated rings. The maximum Gasteiger partial charge on any atom is 0.453 e. The average molecular weight is 412 g/mol. The van der Waals surface area contributed by atoms with Gasteiger partial charge in [-0.05, 0) is 39.8 Å². The summed E-state index contributed by atoms with van der Waals surface area (Å²) in [4.78, 5) is 0. The molecule has 10 heteroatoms. The smallest absolute Gasteiger partial charge is 0.350 e. The van der Waals surface area contributed by atoms with E-state index < -0.39 is 37.0 Å². The molecule has 0 unspecified atom stereocenters. The van der Waals surface area contributed by atoms with Crippen LogP contribution in [0.3, 0.4) is 0 Å². The number of nitrogens with zero attached hydrogens (tertiary/aromatic N) is 1. The third kappa shape index (κ3) is 4.68. The van der Waals surface area contributed by atoms with E-state index in [2.05, 4.69) is 9.68 Å². The standard InChI is InChI=1S/C16H18ClF3NO4P/c1-9(2)24-26(22,25-10(3)4)14-13(11-5-7-12(17)8-6-11)21-23-15(14)16(18,19)20/h5-10H,1-4H3. The van der Waals surface area contributed by atoms with Crippen molar-refractivity contribution in [2.45, 2.75) is 46.1 Å². The Balaban J connectivity index is 2.74. The SMILES string of the molecule is CC(C)OP(=O)(OC(C)C)c1c(-c2ccc(Cl)cc2)noc1C(F)(F)F. The summed E-state index contributed by atoms with van der Waals surface area (Å²) in [5.41, 5.74) is -0.0257. The Labute approximate surface area is 153 Å². The molecule has 0 spiro atoms. The first-order valence-corrected chi connectivity index (χ1v) is 9.66. The van der Waals surface area contributed by atoms with Gasteiger partial charge >= 0.3 is 13.8 Å². The lowest BCUT2D eigenvalue weighted by Crippen LogP contribution is -2.24. The lowest BCUT2D eigenvalue weighted by Gasteiger charge is -2.23. The van der Waals surface area contributed by atoms with Crippen LogP contribution in [0.5, 0.6) is 0 Å². The molecule has 0 aliphatic rings. The van der Waals surface area contributed by atoms with E-state index in [9.17, 15) is 17.7 Å². The fourth-order valence-corrected chi connectivity index (χ4v) is 4.55. The average Bonchev–Trinajstić information content (AvgIpc) is 2.92. The number of benzene rings is 1. The maximum atomic E-state index is 13.5. The van der Waals surface area contributed by atoms with Crippen LogP contribution >= 0.6 is 19.2 Å². The minimum absolute atomic E-state index is 0.239. The number of alkyl halides is 3. The molecular weight excluding hydrogens is 394 g/mol. The molecule has 1 aromatic heterocycles. The molecule has 0 radical (unpaired) electrons. The molecule has 0 saturated carbocycles. The van der Waals surface area contributed by atoms with E-state index in [0.29, 0.717) is 5.02 Å². The fraction of sp³-hybridized carbons (Fsp3) is 0.438. The van der Waals surface area contributed by atoms with Crippen molar-refractivity contribution in [3.8, 4) is 11.3 Å². The molecule has 1 aromatic carbocycles. The van der Waals surface area contributed by atoms with E-state index >= 15 is 0 Å². The van der Waals surface area contributed by atoms with Crippen molar-refractivity contribution in [1.29, 1.82) is 0 Å². The van der Waals surface area contributed by atoms with Crippen LogP contribution in [0.15, 0.2) is 28.8 Å². The number of aromatic nitrogens is 1. The molecule has 144 valence electrons. The van der Waals surface area contributed by atoms with Crippen LogP contribution in [0.1, 0.15) is 33.5 Å². The summed E-state index contributed by atoms with van der Waals surface area (Å²) in [6.45, 7) is 6.16. The molecule has 0 bridgehead atoms. The Morgan fingerprint density at radius 3 is 2.00 bits per heavy atom. The van der Waals surface area contributed by atoms with Gasteiger partial charge in [-0.25, -0.2) is 0 Å². The second-order valence-corrected chi connectivity index (χ2v) is 8.32. The largest absolute Gasteiger partial charge is 0.453 e. The van der Waals surface area contributed by atoms with Crippen molar-refractivity contribution in [2.75, 3.05) is 0 Å². The molecule has 2 rings (SSSR count). The maximum absolute atomic E-state index is 13.5. The highest BCUT2D eigenvalue weighted by Gasteiger charge is 2.49. The topological polar surface area (TPSA) is 61.6 Å². The Bertz CT molecular complexity index is 789. The summed E-state index contributed by atoms with van der Waals surface area (Å²) >= 11 is 5.82. The van der Waals surface area contributed by atoms with Gasteiger partial charge in [-0.2, -0.15) is 13.2 Å². The third-order valence-corrected chi connectivity index (χ3v) is 5.63. The van der Waals surface area contributed by atoms with Crippen LogP contribution in [0.4, 0.5) is 13.2 Å². The first kappa shape index (κ1) is 21.0. The van der Waals surface area contributed by atoms with Gasteiger partial charge in [0.1, 0.15) is 11.0 Å². The second kappa shape index (κ2) is 7.72. The Kier molecular flexibility index (Phi) is 6.23. The zero-order chi connectivity index (χ0) is 19.7.